The smallest absolute Gasteiger partial charge is 0.232 e. The third kappa shape index (κ3) is 4.42. The van der Waals surface area contributed by atoms with Gasteiger partial charge in [0.2, 0.25) is 11.7 Å². The zero-order valence-corrected chi connectivity index (χ0v) is 15.5. The van der Waals surface area contributed by atoms with Gasteiger partial charge in [0, 0.05) is 17.0 Å². The third-order valence-corrected chi connectivity index (χ3v) is 3.81. The number of rotatable bonds is 5. The van der Waals surface area contributed by atoms with Gasteiger partial charge in [-0.05, 0) is 35.9 Å². The van der Waals surface area contributed by atoms with E-state index < -0.39 is 11.6 Å². The summed E-state index contributed by atoms with van der Waals surface area (Å²) in [5.74, 6) is 0.559. The summed E-state index contributed by atoms with van der Waals surface area (Å²) >= 11 is 0. The Kier molecular flexibility index (Phi) is 5.12. The molecule has 0 saturated heterocycles. The summed E-state index contributed by atoms with van der Waals surface area (Å²) in [6.45, 7) is 5.95. The first-order valence-corrected chi connectivity index (χ1v) is 8.36. The Morgan fingerprint density at radius 3 is 2.30 bits per heavy atom. The summed E-state index contributed by atoms with van der Waals surface area (Å²) in [4.78, 5) is 4.41. The molecule has 1 aromatic heterocycles. The van der Waals surface area contributed by atoms with Crippen LogP contribution in [0.25, 0.3) is 11.4 Å². The maximum atomic E-state index is 13.3. The lowest BCUT2D eigenvalue weighted by Crippen LogP contribution is -2.11. The molecule has 0 aliphatic rings. The minimum atomic E-state index is -0.650. The van der Waals surface area contributed by atoms with E-state index in [4.69, 9.17) is 14.0 Å². The lowest BCUT2D eigenvalue weighted by atomic mass is 9.97. The van der Waals surface area contributed by atoms with Crippen molar-refractivity contribution in [2.24, 2.45) is 0 Å². The molecule has 0 radical (unpaired) electrons. The van der Waals surface area contributed by atoms with Crippen molar-refractivity contribution in [1.82, 2.24) is 10.1 Å². The van der Waals surface area contributed by atoms with Crippen molar-refractivity contribution in [1.29, 1.82) is 0 Å². The van der Waals surface area contributed by atoms with Crippen LogP contribution in [0.2, 0.25) is 0 Å². The predicted octanol–water partition coefficient (Wildman–Crippen LogP) is 4.90. The Morgan fingerprint density at radius 1 is 1.00 bits per heavy atom. The fourth-order valence-corrected chi connectivity index (χ4v) is 2.43. The maximum absolute atomic E-state index is 13.3. The van der Waals surface area contributed by atoms with Gasteiger partial charge in [0.05, 0.1) is 7.11 Å². The summed E-state index contributed by atoms with van der Waals surface area (Å²) in [5.41, 5.74) is 0.834. The molecule has 0 bridgehead atoms. The normalized spacial score (nSPS) is 11.5. The standard InChI is InChI=1S/C20H20F2N2O3/c1-20(2,3)19-23-18(24-27-19)13-5-6-16(17(9-13)25-4)26-11-12-7-14(21)10-15(22)8-12/h5-10H,11H2,1-4H3. The van der Waals surface area contributed by atoms with Gasteiger partial charge >= 0.3 is 0 Å². The Labute approximate surface area is 155 Å². The molecule has 0 unspecified atom stereocenters. The second kappa shape index (κ2) is 7.34. The van der Waals surface area contributed by atoms with E-state index in [2.05, 4.69) is 10.1 Å². The fraction of sp³-hybridized carbons (Fsp3) is 0.300. The number of hydrogen-bond acceptors (Lipinski definition) is 5. The molecule has 0 aliphatic carbocycles. The highest BCUT2D eigenvalue weighted by Crippen LogP contribution is 2.33. The Morgan fingerprint density at radius 2 is 1.70 bits per heavy atom. The molecule has 3 rings (SSSR count). The number of nitrogens with zero attached hydrogens (tertiary/aromatic N) is 2. The number of ether oxygens (including phenoxy) is 2. The minimum Gasteiger partial charge on any atom is -0.493 e. The first kappa shape index (κ1) is 18.8. The van der Waals surface area contributed by atoms with Gasteiger partial charge < -0.3 is 14.0 Å². The Hall–Kier alpha value is -2.96. The van der Waals surface area contributed by atoms with E-state index in [9.17, 15) is 8.78 Å². The van der Waals surface area contributed by atoms with Gasteiger partial charge in [-0.3, -0.25) is 0 Å². The summed E-state index contributed by atoms with van der Waals surface area (Å²) in [6, 6.07) is 8.43. The second-order valence-electron chi connectivity index (χ2n) is 7.11. The van der Waals surface area contributed by atoms with E-state index in [0.717, 1.165) is 6.07 Å². The van der Waals surface area contributed by atoms with Crippen molar-refractivity contribution in [3.63, 3.8) is 0 Å². The van der Waals surface area contributed by atoms with E-state index >= 15 is 0 Å². The van der Waals surface area contributed by atoms with Gasteiger partial charge in [-0.15, -0.1) is 0 Å². The SMILES string of the molecule is COc1cc(-c2noc(C(C)(C)C)n2)ccc1OCc1cc(F)cc(F)c1. The lowest BCUT2D eigenvalue weighted by Gasteiger charge is -2.12. The molecule has 0 N–H and O–H groups in total. The molecule has 0 saturated carbocycles. The minimum absolute atomic E-state index is 0.000763. The number of halogens is 2. The Balaban J connectivity index is 1.81. The molecule has 7 heteroatoms. The van der Waals surface area contributed by atoms with Crippen LogP contribution in [0.4, 0.5) is 8.78 Å². The molecule has 142 valence electrons. The highest BCUT2D eigenvalue weighted by Gasteiger charge is 2.22. The summed E-state index contributed by atoms with van der Waals surface area (Å²) in [6.07, 6.45) is 0. The largest absolute Gasteiger partial charge is 0.493 e. The van der Waals surface area contributed by atoms with Crippen LogP contribution in [0.3, 0.4) is 0 Å². The van der Waals surface area contributed by atoms with Gasteiger partial charge in [-0.25, -0.2) is 8.78 Å². The number of aromatic nitrogens is 2. The van der Waals surface area contributed by atoms with Crippen LogP contribution in [-0.2, 0) is 12.0 Å². The molecule has 0 amide bonds. The zero-order chi connectivity index (χ0) is 19.6. The molecular weight excluding hydrogens is 354 g/mol. The first-order valence-electron chi connectivity index (χ1n) is 8.36. The van der Waals surface area contributed by atoms with Crippen molar-refractivity contribution in [2.75, 3.05) is 7.11 Å². The van der Waals surface area contributed by atoms with Crippen molar-refractivity contribution in [2.45, 2.75) is 32.8 Å². The molecule has 0 atom stereocenters. The lowest BCUT2D eigenvalue weighted by molar-refractivity contribution is 0.283. The van der Waals surface area contributed by atoms with E-state index in [1.165, 1.54) is 19.2 Å². The average molecular weight is 374 g/mol. The molecule has 27 heavy (non-hydrogen) atoms. The van der Waals surface area contributed by atoms with Crippen LogP contribution in [0, 0.1) is 11.6 Å². The van der Waals surface area contributed by atoms with Crippen LogP contribution in [0.5, 0.6) is 11.5 Å². The predicted molar refractivity (Wildman–Crippen MR) is 95.7 cm³/mol. The van der Waals surface area contributed by atoms with Crippen molar-refractivity contribution in [3.8, 4) is 22.9 Å². The van der Waals surface area contributed by atoms with Gasteiger partial charge in [0.25, 0.3) is 0 Å². The summed E-state index contributed by atoms with van der Waals surface area (Å²) in [7, 11) is 1.50. The van der Waals surface area contributed by atoms with Crippen LogP contribution < -0.4 is 9.47 Å². The molecule has 0 aliphatic heterocycles. The van der Waals surface area contributed by atoms with Crippen LogP contribution in [0.15, 0.2) is 40.9 Å². The van der Waals surface area contributed by atoms with E-state index in [1.807, 2.05) is 20.8 Å². The van der Waals surface area contributed by atoms with Crippen molar-refractivity contribution in [3.05, 3.63) is 59.5 Å². The molecule has 3 aromatic rings. The van der Waals surface area contributed by atoms with Crippen LogP contribution in [-0.4, -0.2) is 17.3 Å². The molecule has 0 fully saturated rings. The van der Waals surface area contributed by atoms with Crippen molar-refractivity contribution < 1.29 is 22.8 Å². The van der Waals surface area contributed by atoms with Crippen LogP contribution >= 0.6 is 0 Å². The number of hydrogen-bond donors (Lipinski definition) is 0. The van der Waals surface area contributed by atoms with E-state index in [1.54, 1.807) is 18.2 Å². The van der Waals surface area contributed by atoms with Crippen LogP contribution in [0.1, 0.15) is 32.2 Å². The second-order valence-corrected chi connectivity index (χ2v) is 7.11. The van der Waals surface area contributed by atoms with Gasteiger partial charge in [-0.1, -0.05) is 25.9 Å². The molecular formula is C20H20F2N2O3. The first-order chi connectivity index (χ1) is 12.8. The van der Waals surface area contributed by atoms with Gasteiger partial charge in [0.1, 0.15) is 18.2 Å². The molecule has 1 heterocycles. The molecule has 5 nitrogen and oxygen atoms in total. The van der Waals surface area contributed by atoms with E-state index in [0.29, 0.717) is 34.3 Å². The number of benzene rings is 2. The fourth-order valence-electron chi connectivity index (χ4n) is 2.43. The maximum Gasteiger partial charge on any atom is 0.232 e. The van der Waals surface area contributed by atoms with Gasteiger partial charge in [-0.2, -0.15) is 4.98 Å². The highest BCUT2D eigenvalue weighted by atomic mass is 19.1. The topological polar surface area (TPSA) is 57.4 Å². The summed E-state index contributed by atoms with van der Waals surface area (Å²) in [5, 5.41) is 4.01. The van der Waals surface area contributed by atoms with Crippen molar-refractivity contribution >= 4 is 0 Å². The summed E-state index contributed by atoms with van der Waals surface area (Å²) < 4.78 is 42.9. The molecule has 2 aromatic carbocycles. The third-order valence-electron chi connectivity index (χ3n) is 3.81. The van der Waals surface area contributed by atoms with E-state index in [-0.39, 0.29) is 12.0 Å². The zero-order valence-electron chi connectivity index (χ0n) is 15.5. The Bertz CT molecular complexity index is 928. The highest BCUT2D eigenvalue weighted by molar-refractivity contribution is 5.60. The van der Waals surface area contributed by atoms with Gasteiger partial charge in [0.15, 0.2) is 11.5 Å². The quantitative estimate of drug-likeness (QED) is 0.636. The monoisotopic (exact) mass is 374 g/mol. The average Bonchev–Trinajstić information content (AvgIpc) is 3.09. The molecule has 0 spiro atoms. The number of methoxy groups -OCH3 is 1.